The number of rotatable bonds is 5. The lowest BCUT2D eigenvalue weighted by Crippen LogP contribution is -2.63. The highest BCUT2D eigenvalue weighted by Crippen LogP contribution is 2.70. The SMILES string of the molecule is [2H]C1([2H])C[C@@H]2[C@H]([C@@H](O)C[C@@]3(C)[C@H]2C[C@H]2O[C@@]([2H])(C4CCCCC4)O[C@]23C(=O)COC(=O)C(C)C)[C@@]2(C)C=CC(=O)C=C12. The van der Waals surface area contributed by atoms with Crippen LogP contribution in [0.15, 0.2) is 23.8 Å². The molecule has 39 heavy (non-hydrogen) atoms. The molecular weight excluding hydrogens is 496 g/mol. The second-order valence-electron chi connectivity index (χ2n) is 13.5. The summed E-state index contributed by atoms with van der Waals surface area (Å²) in [7, 11) is 0. The van der Waals surface area contributed by atoms with E-state index in [1.807, 2.05) is 13.8 Å². The van der Waals surface area contributed by atoms with Gasteiger partial charge in [0.2, 0.25) is 5.78 Å². The zero-order chi connectivity index (χ0) is 30.5. The molecule has 0 unspecified atom stereocenters. The summed E-state index contributed by atoms with van der Waals surface area (Å²) in [6, 6.07) is 0. The van der Waals surface area contributed by atoms with Gasteiger partial charge in [0.15, 0.2) is 24.3 Å². The number of fused-ring (bicyclic) bond motifs is 7. The minimum Gasteiger partial charge on any atom is -0.457 e. The highest BCUT2D eigenvalue weighted by molar-refractivity contribution is 6.01. The van der Waals surface area contributed by atoms with Crippen molar-refractivity contribution in [3.8, 4) is 0 Å². The van der Waals surface area contributed by atoms with E-state index in [0.717, 1.165) is 32.1 Å². The maximum Gasteiger partial charge on any atom is 0.308 e. The number of allylic oxidation sites excluding steroid dienone is 4. The zero-order valence-electron chi connectivity index (χ0n) is 26.5. The maximum atomic E-state index is 14.3. The summed E-state index contributed by atoms with van der Waals surface area (Å²) in [5.74, 6) is -2.84. The van der Waals surface area contributed by atoms with Gasteiger partial charge in [-0.15, -0.1) is 0 Å². The highest BCUT2D eigenvalue weighted by Gasteiger charge is 2.76. The van der Waals surface area contributed by atoms with E-state index in [2.05, 4.69) is 0 Å². The molecule has 1 aliphatic heterocycles. The van der Waals surface area contributed by atoms with Crippen molar-refractivity contribution >= 4 is 17.5 Å². The molecule has 6 rings (SSSR count). The van der Waals surface area contributed by atoms with Crippen LogP contribution < -0.4 is 0 Å². The normalized spacial score (nSPS) is 49.6. The third-order valence-electron chi connectivity index (χ3n) is 11.0. The van der Waals surface area contributed by atoms with Crippen molar-refractivity contribution in [2.45, 2.75) is 110 Å². The fourth-order valence-corrected chi connectivity index (χ4v) is 9.03. The Kier molecular flexibility index (Phi) is 5.88. The number of aliphatic hydroxyl groups excluding tert-OH is 1. The Morgan fingerprint density at radius 3 is 2.69 bits per heavy atom. The molecule has 0 radical (unpaired) electrons. The smallest absolute Gasteiger partial charge is 0.308 e. The first-order chi connectivity index (χ1) is 19.6. The summed E-state index contributed by atoms with van der Waals surface area (Å²) in [6.07, 6.45) is 4.50. The number of hydrogen-bond donors (Lipinski definition) is 1. The Balaban J connectivity index is 1.41. The molecule has 7 nitrogen and oxygen atoms in total. The fraction of sp³-hybridized carbons (Fsp3) is 0.781. The van der Waals surface area contributed by atoms with Crippen LogP contribution in [-0.4, -0.2) is 53.3 Å². The summed E-state index contributed by atoms with van der Waals surface area (Å²) in [5, 5.41) is 11.9. The van der Waals surface area contributed by atoms with Gasteiger partial charge in [-0.2, -0.15) is 0 Å². The lowest BCUT2D eigenvalue weighted by molar-refractivity contribution is -0.210. The van der Waals surface area contributed by atoms with E-state index in [-0.39, 0.29) is 42.3 Å². The number of carbonyl (C=O) groups excluding carboxylic acids is 3. The number of carbonyl (C=O) groups is 3. The average Bonchev–Trinajstić information content (AvgIpc) is 3.36. The molecule has 0 aromatic heterocycles. The summed E-state index contributed by atoms with van der Waals surface area (Å²) >= 11 is 0. The Morgan fingerprint density at radius 1 is 1.23 bits per heavy atom. The van der Waals surface area contributed by atoms with E-state index in [9.17, 15) is 20.9 Å². The minimum absolute atomic E-state index is 0.0888. The molecule has 5 fully saturated rings. The molecule has 0 aromatic carbocycles. The molecule has 7 heteroatoms. The van der Waals surface area contributed by atoms with Crippen molar-refractivity contribution in [1.82, 2.24) is 0 Å². The first-order valence-electron chi connectivity index (χ1n) is 16.3. The van der Waals surface area contributed by atoms with Crippen LogP contribution in [0.1, 0.15) is 89.5 Å². The molecular formula is C32H44O7. The average molecular weight is 544 g/mol. The Labute approximate surface area is 235 Å². The van der Waals surface area contributed by atoms with E-state index in [1.54, 1.807) is 19.9 Å². The monoisotopic (exact) mass is 543 g/mol. The standard InChI is InChI=1S/C32H44O7/c1-18(2)28(36)37-17-25(35)32-26(38-29(39-32)19-8-6-5-7-9-19)15-23-22-11-10-20-14-21(33)12-13-30(20,3)27(22)24(34)16-31(23,32)4/h12-14,18-19,22-24,26-27,29,34H,5-11,15-17H2,1-4H3/t22-,23-,24-,26+,27+,29+,30-,31-,32+/m0/s1/i10D2,29D. The predicted molar refractivity (Wildman–Crippen MR) is 143 cm³/mol. The Bertz CT molecular complexity index is 1240. The number of esters is 1. The van der Waals surface area contributed by atoms with Crippen molar-refractivity contribution in [1.29, 1.82) is 0 Å². The van der Waals surface area contributed by atoms with E-state index in [0.29, 0.717) is 12.0 Å². The molecule has 1 N–H and O–H groups in total. The molecule has 4 saturated carbocycles. The van der Waals surface area contributed by atoms with Crippen LogP contribution >= 0.6 is 0 Å². The van der Waals surface area contributed by atoms with Crippen LogP contribution in [0.4, 0.5) is 0 Å². The van der Waals surface area contributed by atoms with Crippen molar-refractivity contribution in [2.75, 3.05) is 6.61 Å². The summed E-state index contributed by atoms with van der Waals surface area (Å²) < 4.78 is 46.0. The van der Waals surface area contributed by atoms with Gasteiger partial charge in [-0.25, -0.2) is 0 Å². The van der Waals surface area contributed by atoms with E-state index in [4.69, 9.17) is 17.0 Å². The van der Waals surface area contributed by atoms with Gasteiger partial charge in [0.05, 0.1) is 19.5 Å². The predicted octanol–water partition coefficient (Wildman–Crippen LogP) is 4.70. The number of hydrogen-bond acceptors (Lipinski definition) is 7. The van der Waals surface area contributed by atoms with Crippen LogP contribution in [0.25, 0.3) is 0 Å². The molecule has 214 valence electrons. The Hall–Kier alpha value is -1.83. The van der Waals surface area contributed by atoms with E-state index < -0.39 is 65.6 Å². The van der Waals surface area contributed by atoms with Crippen LogP contribution in [0, 0.1) is 40.4 Å². The molecule has 5 aliphatic carbocycles. The van der Waals surface area contributed by atoms with Crippen molar-refractivity contribution in [2.24, 2.45) is 40.4 Å². The van der Waals surface area contributed by atoms with Gasteiger partial charge < -0.3 is 19.3 Å². The molecule has 0 aromatic rings. The zero-order valence-corrected chi connectivity index (χ0v) is 23.5. The van der Waals surface area contributed by atoms with E-state index in [1.165, 1.54) is 12.2 Å². The first kappa shape index (κ1) is 23.8. The number of Topliss-reactive ketones (excluding diaryl/α,β-unsaturated/α-hetero) is 1. The van der Waals surface area contributed by atoms with Crippen LogP contribution in [0.5, 0.6) is 0 Å². The summed E-state index contributed by atoms with van der Waals surface area (Å²) in [5.41, 5.74) is -3.10. The molecule has 0 bridgehead atoms. The summed E-state index contributed by atoms with van der Waals surface area (Å²) in [6.45, 7) is 6.69. The van der Waals surface area contributed by atoms with Gasteiger partial charge in [0.1, 0.15) is 0 Å². The lowest BCUT2D eigenvalue weighted by Gasteiger charge is -2.59. The van der Waals surface area contributed by atoms with Crippen LogP contribution in [0.2, 0.25) is 0 Å². The van der Waals surface area contributed by atoms with Gasteiger partial charge in [-0.1, -0.05) is 58.6 Å². The maximum absolute atomic E-state index is 14.3. The Morgan fingerprint density at radius 2 is 1.97 bits per heavy atom. The van der Waals surface area contributed by atoms with Crippen molar-refractivity contribution < 1.29 is 37.8 Å². The molecule has 0 spiro atoms. The van der Waals surface area contributed by atoms with Crippen LogP contribution in [0.3, 0.4) is 0 Å². The third kappa shape index (κ3) is 3.97. The number of aliphatic hydroxyl groups is 1. The van der Waals surface area contributed by atoms with Crippen molar-refractivity contribution in [3.05, 3.63) is 23.8 Å². The third-order valence-corrected chi connectivity index (χ3v) is 11.0. The van der Waals surface area contributed by atoms with Gasteiger partial charge in [-0.05, 0) is 62.5 Å². The fourth-order valence-electron chi connectivity index (χ4n) is 9.03. The number of ketones is 2. The topological polar surface area (TPSA) is 99.1 Å². The van der Waals surface area contributed by atoms with Crippen molar-refractivity contribution in [3.63, 3.8) is 0 Å². The first-order valence-corrected chi connectivity index (χ1v) is 14.8. The van der Waals surface area contributed by atoms with Gasteiger partial charge in [0, 0.05) is 25.4 Å². The molecule has 6 aliphatic rings. The summed E-state index contributed by atoms with van der Waals surface area (Å²) in [4.78, 5) is 39.0. The number of ether oxygens (including phenoxy) is 3. The quantitative estimate of drug-likeness (QED) is 0.502. The minimum atomic E-state index is -1.79. The second-order valence-corrected chi connectivity index (χ2v) is 13.5. The largest absolute Gasteiger partial charge is 0.457 e. The van der Waals surface area contributed by atoms with Gasteiger partial charge in [-0.3, -0.25) is 14.4 Å². The second kappa shape index (κ2) is 9.63. The van der Waals surface area contributed by atoms with Gasteiger partial charge >= 0.3 is 5.97 Å². The van der Waals surface area contributed by atoms with Crippen LogP contribution in [-0.2, 0) is 28.6 Å². The molecule has 1 saturated heterocycles. The molecule has 1 heterocycles. The van der Waals surface area contributed by atoms with E-state index >= 15 is 0 Å². The van der Waals surface area contributed by atoms with Gasteiger partial charge in [0.25, 0.3) is 0 Å². The molecule has 9 atom stereocenters. The lowest BCUT2D eigenvalue weighted by atomic mass is 9.46. The molecule has 0 amide bonds. The highest BCUT2D eigenvalue weighted by atomic mass is 16.7.